The average Bonchev–Trinajstić information content (AvgIpc) is 3.14. The molecular weight excluding hydrogens is 312 g/mol. The largest absolute Gasteiger partial charge is 0.454 e. The fraction of sp³-hybridized carbons (Fsp3) is 0.333. The van der Waals surface area contributed by atoms with Crippen molar-refractivity contribution in [2.75, 3.05) is 39.5 Å². The third kappa shape index (κ3) is 4.03. The highest BCUT2D eigenvalue weighted by Gasteiger charge is 2.21. The van der Waals surface area contributed by atoms with Crippen LogP contribution >= 0.6 is 0 Å². The van der Waals surface area contributed by atoms with Gasteiger partial charge in [0.1, 0.15) is 0 Å². The van der Waals surface area contributed by atoms with Crippen LogP contribution in [0.4, 0.5) is 0 Å². The Labute approximate surface area is 149 Å². The monoisotopic (exact) mass is 336 g/mol. The van der Waals surface area contributed by atoms with E-state index in [0.29, 0.717) is 6.79 Å². The van der Waals surface area contributed by atoms with Gasteiger partial charge >= 0.3 is 0 Å². The van der Waals surface area contributed by atoms with Crippen LogP contribution in [0.15, 0.2) is 54.6 Å². The van der Waals surface area contributed by atoms with Gasteiger partial charge in [-0.1, -0.05) is 54.6 Å². The molecule has 1 saturated heterocycles. The van der Waals surface area contributed by atoms with E-state index in [9.17, 15) is 0 Å². The van der Waals surface area contributed by atoms with Gasteiger partial charge in [0.25, 0.3) is 0 Å². The minimum atomic E-state index is 0.341. The molecule has 25 heavy (non-hydrogen) atoms. The molecule has 4 nitrogen and oxygen atoms in total. The van der Waals surface area contributed by atoms with E-state index in [0.717, 1.165) is 50.8 Å². The highest BCUT2D eigenvalue weighted by molar-refractivity contribution is 5.49. The number of nitrogens with zero attached hydrogens (tertiary/aromatic N) is 2. The van der Waals surface area contributed by atoms with Crippen LogP contribution in [0.3, 0.4) is 0 Å². The minimum Gasteiger partial charge on any atom is -0.454 e. The highest BCUT2D eigenvalue weighted by atomic mass is 16.7. The highest BCUT2D eigenvalue weighted by Crippen LogP contribution is 2.35. The van der Waals surface area contributed by atoms with E-state index in [2.05, 4.69) is 58.4 Å². The van der Waals surface area contributed by atoms with E-state index in [-0.39, 0.29) is 0 Å². The number of rotatable bonds is 5. The van der Waals surface area contributed by atoms with Gasteiger partial charge in [0.15, 0.2) is 11.5 Å². The van der Waals surface area contributed by atoms with Gasteiger partial charge in [-0.3, -0.25) is 9.80 Å². The number of ether oxygens (including phenoxy) is 2. The van der Waals surface area contributed by atoms with Gasteiger partial charge in [-0.15, -0.1) is 0 Å². The molecule has 2 aromatic carbocycles. The number of para-hydroxylation sites is 1. The maximum absolute atomic E-state index is 5.62. The molecular formula is C21H24N2O2. The zero-order valence-electron chi connectivity index (χ0n) is 14.4. The van der Waals surface area contributed by atoms with Gasteiger partial charge in [-0.25, -0.2) is 0 Å². The quantitative estimate of drug-likeness (QED) is 0.837. The molecule has 0 aliphatic carbocycles. The second kappa shape index (κ2) is 7.72. The van der Waals surface area contributed by atoms with Crippen molar-refractivity contribution in [3.63, 3.8) is 0 Å². The third-order valence-electron chi connectivity index (χ3n) is 4.81. The molecule has 2 heterocycles. The zero-order valence-corrected chi connectivity index (χ0v) is 14.4. The molecule has 0 radical (unpaired) electrons. The molecule has 0 saturated carbocycles. The molecule has 2 aliphatic rings. The normalized spacial score (nSPS) is 18.1. The molecule has 1 fully saturated rings. The van der Waals surface area contributed by atoms with Gasteiger partial charge in [-0.05, 0) is 11.6 Å². The Morgan fingerprint density at radius 2 is 1.64 bits per heavy atom. The maximum atomic E-state index is 5.62. The van der Waals surface area contributed by atoms with Crippen molar-refractivity contribution < 1.29 is 9.47 Å². The van der Waals surface area contributed by atoms with Crippen LogP contribution in [0.25, 0.3) is 6.08 Å². The summed E-state index contributed by atoms with van der Waals surface area (Å²) in [7, 11) is 0. The standard InChI is InChI=1S/C21H24N2O2/c1-2-6-18(7-3-1)8-5-11-22-12-14-23(15-13-22)16-19-9-4-10-20-21(19)25-17-24-20/h1-10H,11-17H2. The number of benzene rings is 2. The van der Waals surface area contributed by atoms with Crippen LogP contribution in [0, 0.1) is 0 Å². The third-order valence-corrected chi connectivity index (χ3v) is 4.81. The first kappa shape index (κ1) is 16.2. The van der Waals surface area contributed by atoms with Gasteiger partial charge in [-0.2, -0.15) is 0 Å². The smallest absolute Gasteiger partial charge is 0.231 e. The van der Waals surface area contributed by atoms with Crippen molar-refractivity contribution in [1.29, 1.82) is 0 Å². The van der Waals surface area contributed by atoms with Gasteiger partial charge < -0.3 is 9.47 Å². The predicted octanol–water partition coefficient (Wildman–Crippen LogP) is 3.25. The van der Waals surface area contributed by atoms with Crippen LogP contribution in [0.5, 0.6) is 11.5 Å². The van der Waals surface area contributed by atoms with Gasteiger partial charge in [0.05, 0.1) is 0 Å². The molecule has 0 atom stereocenters. The minimum absolute atomic E-state index is 0.341. The van der Waals surface area contributed by atoms with E-state index in [1.807, 2.05) is 12.1 Å². The molecule has 130 valence electrons. The molecule has 4 heteroatoms. The van der Waals surface area contributed by atoms with Crippen molar-refractivity contribution in [2.24, 2.45) is 0 Å². The molecule has 2 aromatic rings. The number of hydrogen-bond donors (Lipinski definition) is 0. The Bertz CT molecular complexity index is 722. The Morgan fingerprint density at radius 3 is 2.48 bits per heavy atom. The molecule has 4 rings (SSSR count). The fourth-order valence-electron chi connectivity index (χ4n) is 3.39. The molecule has 0 unspecified atom stereocenters. The lowest BCUT2D eigenvalue weighted by atomic mass is 10.1. The van der Waals surface area contributed by atoms with Crippen LogP contribution in [0.1, 0.15) is 11.1 Å². The lowest BCUT2D eigenvalue weighted by Crippen LogP contribution is -2.45. The molecule has 0 aromatic heterocycles. The summed E-state index contributed by atoms with van der Waals surface area (Å²) in [6.45, 7) is 6.67. The molecule has 0 amide bonds. The number of hydrogen-bond acceptors (Lipinski definition) is 4. The summed E-state index contributed by atoms with van der Waals surface area (Å²) in [5, 5.41) is 0. The predicted molar refractivity (Wildman–Crippen MR) is 99.8 cm³/mol. The van der Waals surface area contributed by atoms with E-state index in [1.165, 1.54) is 11.1 Å². The van der Waals surface area contributed by atoms with E-state index < -0.39 is 0 Å². The van der Waals surface area contributed by atoms with Crippen LogP contribution in [-0.4, -0.2) is 49.3 Å². The van der Waals surface area contributed by atoms with Crippen LogP contribution in [0.2, 0.25) is 0 Å². The van der Waals surface area contributed by atoms with Crippen LogP contribution < -0.4 is 9.47 Å². The van der Waals surface area contributed by atoms with Crippen molar-refractivity contribution in [3.05, 3.63) is 65.7 Å². The van der Waals surface area contributed by atoms with Crippen molar-refractivity contribution in [2.45, 2.75) is 6.54 Å². The SMILES string of the molecule is C(=Cc1ccccc1)CN1CCN(Cc2cccc3c2OCO3)CC1. The Morgan fingerprint density at radius 1 is 0.840 bits per heavy atom. The first-order valence-electron chi connectivity index (χ1n) is 8.92. The summed E-state index contributed by atoms with van der Waals surface area (Å²) in [6, 6.07) is 16.6. The summed E-state index contributed by atoms with van der Waals surface area (Å²) in [4.78, 5) is 5.00. The molecule has 0 N–H and O–H groups in total. The Kier molecular flexibility index (Phi) is 5.00. The van der Waals surface area contributed by atoms with Gasteiger partial charge in [0.2, 0.25) is 6.79 Å². The lowest BCUT2D eigenvalue weighted by Gasteiger charge is -2.34. The molecule has 2 aliphatic heterocycles. The Balaban J connectivity index is 1.26. The van der Waals surface area contributed by atoms with Crippen molar-refractivity contribution in [3.8, 4) is 11.5 Å². The number of fused-ring (bicyclic) bond motifs is 1. The topological polar surface area (TPSA) is 24.9 Å². The van der Waals surface area contributed by atoms with E-state index in [1.54, 1.807) is 0 Å². The fourth-order valence-corrected chi connectivity index (χ4v) is 3.39. The summed E-state index contributed by atoms with van der Waals surface area (Å²) >= 11 is 0. The van der Waals surface area contributed by atoms with Crippen molar-refractivity contribution >= 4 is 6.08 Å². The summed E-state index contributed by atoms with van der Waals surface area (Å²) in [5.41, 5.74) is 2.49. The van der Waals surface area contributed by atoms with Crippen molar-refractivity contribution in [1.82, 2.24) is 9.80 Å². The first-order chi connectivity index (χ1) is 12.4. The maximum Gasteiger partial charge on any atom is 0.231 e. The lowest BCUT2D eigenvalue weighted by molar-refractivity contribution is 0.134. The summed E-state index contributed by atoms with van der Waals surface area (Å²) in [6.07, 6.45) is 4.47. The van der Waals surface area contributed by atoms with Gasteiger partial charge in [0, 0.05) is 44.8 Å². The average molecular weight is 336 g/mol. The van der Waals surface area contributed by atoms with E-state index >= 15 is 0 Å². The zero-order chi connectivity index (χ0) is 16.9. The first-order valence-corrected chi connectivity index (χ1v) is 8.92. The second-order valence-electron chi connectivity index (χ2n) is 6.54. The number of piperazine rings is 1. The summed E-state index contributed by atoms with van der Waals surface area (Å²) in [5.74, 6) is 1.80. The molecule has 0 bridgehead atoms. The van der Waals surface area contributed by atoms with Crippen LogP contribution in [-0.2, 0) is 6.54 Å². The second-order valence-corrected chi connectivity index (χ2v) is 6.54. The summed E-state index contributed by atoms with van der Waals surface area (Å²) < 4.78 is 11.1. The van der Waals surface area contributed by atoms with E-state index in [4.69, 9.17) is 9.47 Å². The molecule has 0 spiro atoms. The Hall–Kier alpha value is -2.30.